The SMILES string of the molecule is [CH2]C(CO)(C(C)C)C(C)C. The summed E-state index contributed by atoms with van der Waals surface area (Å²) in [6.45, 7) is 12.6. The Bertz CT molecular complexity index is 86.9. The van der Waals surface area contributed by atoms with Crippen LogP contribution in [0.2, 0.25) is 0 Å². The zero-order valence-corrected chi connectivity index (χ0v) is 7.52. The second kappa shape index (κ2) is 3.38. The van der Waals surface area contributed by atoms with Gasteiger partial charge in [-0.1, -0.05) is 27.7 Å². The van der Waals surface area contributed by atoms with Crippen LogP contribution >= 0.6 is 0 Å². The molecule has 0 amide bonds. The first kappa shape index (κ1) is 9.96. The standard InChI is InChI=1S/C9H19O/c1-7(2)9(5,6-10)8(3)4/h7-8,10H,5-6H2,1-4H3. The summed E-state index contributed by atoms with van der Waals surface area (Å²) < 4.78 is 0. The molecule has 0 aliphatic rings. The molecule has 0 atom stereocenters. The maximum atomic E-state index is 9.06. The fourth-order valence-electron chi connectivity index (χ4n) is 1.03. The maximum absolute atomic E-state index is 9.06. The van der Waals surface area contributed by atoms with E-state index in [4.69, 9.17) is 5.11 Å². The van der Waals surface area contributed by atoms with Crippen molar-refractivity contribution in [2.75, 3.05) is 6.61 Å². The van der Waals surface area contributed by atoms with Gasteiger partial charge in [-0.3, -0.25) is 0 Å². The number of aliphatic hydroxyl groups excluding tert-OH is 1. The summed E-state index contributed by atoms with van der Waals surface area (Å²) in [6, 6.07) is 0. The van der Waals surface area contributed by atoms with E-state index in [2.05, 4.69) is 34.6 Å². The zero-order chi connectivity index (χ0) is 8.36. The highest BCUT2D eigenvalue weighted by Crippen LogP contribution is 2.33. The van der Waals surface area contributed by atoms with Gasteiger partial charge in [0, 0.05) is 6.61 Å². The van der Waals surface area contributed by atoms with Crippen molar-refractivity contribution in [3.05, 3.63) is 6.92 Å². The van der Waals surface area contributed by atoms with Crippen LogP contribution in [0.5, 0.6) is 0 Å². The molecule has 1 N–H and O–H groups in total. The molecule has 0 spiro atoms. The van der Waals surface area contributed by atoms with Gasteiger partial charge in [0.15, 0.2) is 0 Å². The second-order valence-corrected chi connectivity index (χ2v) is 3.70. The van der Waals surface area contributed by atoms with Gasteiger partial charge in [-0.05, 0) is 24.2 Å². The topological polar surface area (TPSA) is 20.2 Å². The normalized spacial score (nSPS) is 13.2. The molecule has 1 heteroatoms. The summed E-state index contributed by atoms with van der Waals surface area (Å²) in [7, 11) is 0. The third kappa shape index (κ3) is 1.72. The summed E-state index contributed by atoms with van der Waals surface area (Å²) in [5.74, 6) is 0.884. The van der Waals surface area contributed by atoms with Crippen molar-refractivity contribution in [1.82, 2.24) is 0 Å². The highest BCUT2D eigenvalue weighted by molar-refractivity contribution is 4.86. The predicted octanol–water partition coefficient (Wildman–Crippen LogP) is 2.11. The Kier molecular flexibility index (Phi) is 3.37. The van der Waals surface area contributed by atoms with Crippen LogP contribution < -0.4 is 0 Å². The van der Waals surface area contributed by atoms with E-state index in [0.717, 1.165) is 0 Å². The van der Waals surface area contributed by atoms with Crippen LogP contribution in [-0.2, 0) is 0 Å². The third-order valence-corrected chi connectivity index (χ3v) is 2.59. The Labute approximate surface area is 64.5 Å². The monoisotopic (exact) mass is 143 g/mol. The molecular weight excluding hydrogens is 124 g/mol. The minimum atomic E-state index is -0.153. The Morgan fingerprint density at radius 3 is 1.50 bits per heavy atom. The first-order valence-corrected chi connectivity index (χ1v) is 3.91. The highest BCUT2D eigenvalue weighted by Gasteiger charge is 2.30. The van der Waals surface area contributed by atoms with E-state index in [1.807, 2.05) is 0 Å². The lowest BCUT2D eigenvalue weighted by atomic mass is 9.71. The molecule has 0 heterocycles. The van der Waals surface area contributed by atoms with Crippen molar-refractivity contribution in [1.29, 1.82) is 0 Å². The second-order valence-electron chi connectivity index (χ2n) is 3.70. The van der Waals surface area contributed by atoms with Crippen LogP contribution in [0, 0.1) is 24.2 Å². The van der Waals surface area contributed by atoms with Crippen LogP contribution in [-0.4, -0.2) is 11.7 Å². The smallest absolute Gasteiger partial charge is 0.0492 e. The van der Waals surface area contributed by atoms with Crippen molar-refractivity contribution in [3.63, 3.8) is 0 Å². The molecule has 0 saturated carbocycles. The quantitative estimate of drug-likeness (QED) is 0.641. The fraction of sp³-hybridized carbons (Fsp3) is 0.889. The molecule has 0 aliphatic heterocycles. The van der Waals surface area contributed by atoms with Crippen LogP contribution in [0.1, 0.15) is 27.7 Å². The van der Waals surface area contributed by atoms with Crippen molar-refractivity contribution in [3.8, 4) is 0 Å². The molecule has 0 fully saturated rings. The maximum Gasteiger partial charge on any atom is 0.0492 e. The lowest BCUT2D eigenvalue weighted by Crippen LogP contribution is -2.33. The molecule has 1 nitrogen and oxygen atoms in total. The fourth-order valence-corrected chi connectivity index (χ4v) is 1.03. The van der Waals surface area contributed by atoms with Gasteiger partial charge in [0.05, 0.1) is 0 Å². The van der Waals surface area contributed by atoms with Crippen molar-refractivity contribution in [2.24, 2.45) is 17.3 Å². The summed E-state index contributed by atoms with van der Waals surface area (Å²) in [4.78, 5) is 0. The summed E-state index contributed by atoms with van der Waals surface area (Å²) in [5, 5.41) is 9.06. The Hall–Kier alpha value is -0.0400. The lowest BCUT2D eigenvalue weighted by Gasteiger charge is -2.35. The zero-order valence-electron chi connectivity index (χ0n) is 7.52. The molecule has 0 aliphatic carbocycles. The van der Waals surface area contributed by atoms with Crippen LogP contribution in [0.3, 0.4) is 0 Å². The molecule has 0 aromatic carbocycles. The minimum Gasteiger partial charge on any atom is -0.396 e. The van der Waals surface area contributed by atoms with Crippen molar-refractivity contribution >= 4 is 0 Å². The Morgan fingerprint density at radius 1 is 1.20 bits per heavy atom. The van der Waals surface area contributed by atoms with Crippen LogP contribution in [0.25, 0.3) is 0 Å². The van der Waals surface area contributed by atoms with Gasteiger partial charge >= 0.3 is 0 Å². The summed E-state index contributed by atoms with van der Waals surface area (Å²) >= 11 is 0. The van der Waals surface area contributed by atoms with E-state index in [1.165, 1.54) is 0 Å². The number of aliphatic hydroxyl groups is 1. The molecule has 0 bridgehead atoms. The lowest BCUT2D eigenvalue weighted by molar-refractivity contribution is 0.0745. The van der Waals surface area contributed by atoms with E-state index < -0.39 is 0 Å². The van der Waals surface area contributed by atoms with E-state index >= 15 is 0 Å². The van der Waals surface area contributed by atoms with Gasteiger partial charge in [-0.15, -0.1) is 0 Å². The number of hydrogen-bond donors (Lipinski definition) is 1. The van der Waals surface area contributed by atoms with Gasteiger partial charge in [-0.25, -0.2) is 0 Å². The van der Waals surface area contributed by atoms with Crippen LogP contribution in [0.15, 0.2) is 0 Å². The number of rotatable bonds is 3. The van der Waals surface area contributed by atoms with E-state index in [9.17, 15) is 0 Å². The van der Waals surface area contributed by atoms with Gasteiger partial charge in [0.1, 0.15) is 0 Å². The molecule has 0 unspecified atom stereocenters. The Morgan fingerprint density at radius 2 is 1.50 bits per heavy atom. The van der Waals surface area contributed by atoms with Gasteiger partial charge < -0.3 is 5.11 Å². The van der Waals surface area contributed by atoms with Crippen molar-refractivity contribution in [2.45, 2.75) is 27.7 Å². The molecule has 0 saturated heterocycles. The molecular formula is C9H19O. The molecule has 0 aromatic heterocycles. The van der Waals surface area contributed by atoms with Gasteiger partial charge in [0.25, 0.3) is 0 Å². The minimum absolute atomic E-state index is 0.153. The predicted molar refractivity (Wildman–Crippen MR) is 44.6 cm³/mol. The first-order valence-electron chi connectivity index (χ1n) is 3.91. The first-order chi connectivity index (χ1) is 4.45. The summed E-state index contributed by atoms with van der Waals surface area (Å²) in [6.07, 6.45) is 0. The highest BCUT2D eigenvalue weighted by atomic mass is 16.3. The summed E-state index contributed by atoms with van der Waals surface area (Å²) in [5.41, 5.74) is -0.153. The molecule has 0 rings (SSSR count). The average Bonchev–Trinajstić information content (AvgIpc) is 1.85. The van der Waals surface area contributed by atoms with Gasteiger partial charge in [0.2, 0.25) is 0 Å². The Balaban J connectivity index is 4.23. The number of hydrogen-bond acceptors (Lipinski definition) is 1. The average molecular weight is 143 g/mol. The largest absolute Gasteiger partial charge is 0.396 e. The molecule has 1 radical (unpaired) electrons. The van der Waals surface area contributed by atoms with E-state index in [1.54, 1.807) is 0 Å². The van der Waals surface area contributed by atoms with Crippen LogP contribution in [0.4, 0.5) is 0 Å². The molecule has 61 valence electrons. The third-order valence-electron chi connectivity index (χ3n) is 2.59. The van der Waals surface area contributed by atoms with Crippen molar-refractivity contribution < 1.29 is 5.11 Å². The van der Waals surface area contributed by atoms with Gasteiger partial charge in [-0.2, -0.15) is 0 Å². The van der Waals surface area contributed by atoms with E-state index in [-0.39, 0.29) is 12.0 Å². The molecule has 0 aromatic rings. The van der Waals surface area contributed by atoms with E-state index in [0.29, 0.717) is 11.8 Å². The molecule has 10 heavy (non-hydrogen) atoms.